The number of rotatable bonds is 2. The van der Waals surface area contributed by atoms with E-state index in [9.17, 15) is 4.79 Å². The largest absolute Gasteiger partial charge is 0.295 e. The predicted octanol–water partition coefficient (Wildman–Crippen LogP) is 1.43. The van der Waals surface area contributed by atoms with Gasteiger partial charge < -0.3 is 0 Å². The van der Waals surface area contributed by atoms with Crippen molar-refractivity contribution in [3.05, 3.63) is 0 Å². The van der Waals surface area contributed by atoms with Crippen LogP contribution in [0.2, 0.25) is 0 Å². The summed E-state index contributed by atoms with van der Waals surface area (Å²) < 4.78 is 0. The smallest absolute Gasteiger partial charge is 0.148 e. The van der Waals surface area contributed by atoms with Crippen molar-refractivity contribution in [3.63, 3.8) is 0 Å². The van der Waals surface area contributed by atoms with Crippen LogP contribution < -0.4 is 0 Å². The maximum Gasteiger partial charge on any atom is 0.148 e. The lowest BCUT2D eigenvalue weighted by atomic mass is 10.2. The molecule has 0 aromatic heterocycles. The SMILES string of the molecule is CC(C)CC(=O)P. The molecule has 0 saturated carbocycles. The molecule has 1 nitrogen and oxygen atoms in total. The summed E-state index contributed by atoms with van der Waals surface area (Å²) in [6.07, 6.45) is 0.685. The summed E-state index contributed by atoms with van der Waals surface area (Å²) in [5.74, 6) is 0.505. The molecule has 0 spiro atoms. The van der Waals surface area contributed by atoms with E-state index in [-0.39, 0.29) is 5.52 Å². The third kappa shape index (κ3) is 6.10. The first kappa shape index (κ1) is 7.10. The Hall–Kier alpha value is 0.100. The first-order chi connectivity index (χ1) is 3.13. The van der Waals surface area contributed by atoms with Crippen LogP contribution in [0.4, 0.5) is 0 Å². The predicted molar refractivity (Wildman–Crippen MR) is 34.2 cm³/mol. The summed E-state index contributed by atoms with van der Waals surface area (Å²) in [6, 6.07) is 0. The van der Waals surface area contributed by atoms with Crippen LogP contribution in [-0.2, 0) is 4.79 Å². The monoisotopic (exact) mass is 118 g/mol. The molecule has 0 bridgehead atoms. The lowest BCUT2D eigenvalue weighted by Crippen LogP contribution is -1.92. The fourth-order valence-electron chi connectivity index (χ4n) is 0.402. The van der Waals surface area contributed by atoms with Gasteiger partial charge in [0.1, 0.15) is 5.52 Å². The summed E-state index contributed by atoms with van der Waals surface area (Å²) in [7, 11) is 2.16. The van der Waals surface area contributed by atoms with E-state index in [0.717, 1.165) is 0 Å². The molecule has 0 heterocycles. The van der Waals surface area contributed by atoms with E-state index in [2.05, 4.69) is 9.24 Å². The van der Waals surface area contributed by atoms with Gasteiger partial charge in [0.2, 0.25) is 0 Å². The van der Waals surface area contributed by atoms with E-state index in [4.69, 9.17) is 0 Å². The Morgan fingerprint density at radius 3 is 2.14 bits per heavy atom. The van der Waals surface area contributed by atoms with Gasteiger partial charge in [-0.05, 0) is 5.92 Å². The molecule has 0 rings (SSSR count). The minimum absolute atomic E-state index is 0.204. The van der Waals surface area contributed by atoms with Gasteiger partial charge in [-0.15, -0.1) is 0 Å². The molecular weight excluding hydrogens is 107 g/mol. The Bertz CT molecular complexity index is 68.5. The molecule has 0 aromatic carbocycles. The Morgan fingerprint density at radius 1 is 1.71 bits per heavy atom. The minimum atomic E-state index is 0.204. The van der Waals surface area contributed by atoms with Crippen LogP contribution in [0.5, 0.6) is 0 Å². The van der Waals surface area contributed by atoms with Gasteiger partial charge in [-0.1, -0.05) is 23.1 Å². The van der Waals surface area contributed by atoms with Crippen molar-refractivity contribution in [2.24, 2.45) is 5.92 Å². The first-order valence-electron chi connectivity index (χ1n) is 2.41. The molecule has 0 N–H and O–H groups in total. The highest BCUT2D eigenvalue weighted by Crippen LogP contribution is 2.02. The summed E-state index contributed by atoms with van der Waals surface area (Å²) >= 11 is 0. The van der Waals surface area contributed by atoms with Gasteiger partial charge in [0.15, 0.2) is 0 Å². The van der Waals surface area contributed by atoms with Crippen molar-refractivity contribution in [1.82, 2.24) is 0 Å². The van der Waals surface area contributed by atoms with E-state index in [1.54, 1.807) is 0 Å². The van der Waals surface area contributed by atoms with Gasteiger partial charge in [-0.25, -0.2) is 0 Å². The van der Waals surface area contributed by atoms with Crippen LogP contribution >= 0.6 is 9.24 Å². The molecule has 2 heteroatoms. The third-order valence-corrected chi connectivity index (χ3v) is 0.845. The van der Waals surface area contributed by atoms with Crippen LogP contribution in [0.15, 0.2) is 0 Å². The van der Waals surface area contributed by atoms with Gasteiger partial charge in [0.25, 0.3) is 0 Å². The molecule has 0 aromatic rings. The number of carbonyl (C=O) groups is 1. The molecule has 0 fully saturated rings. The van der Waals surface area contributed by atoms with Crippen molar-refractivity contribution < 1.29 is 4.79 Å². The van der Waals surface area contributed by atoms with Crippen LogP contribution in [0.3, 0.4) is 0 Å². The van der Waals surface area contributed by atoms with Gasteiger partial charge in [0.05, 0.1) is 0 Å². The average molecular weight is 118 g/mol. The molecule has 0 saturated heterocycles. The highest BCUT2D eigenvalue weighted by atomic mass is 31.0. The molecule has 0 amide bonds. The second-order valence-corrected chi connectivity index (χ2v) is 2.71. The Labute approximate surface area is 46.7 Å². The fourth-order valence-corrected chi connectivity index (χ4v) is 0.874. The Kier molecular flexibility index (Phi) is 3.19. The van der Waals surface area contributed by atoms with E-state index < -0.39 is 0 Å². The molecule has 1 atom stereocenters. The fraction of sp³-hybridized carbons (Fsp3) is 0.800. The zero-order valence-electron chi connectivity index (χ0n) is 4.77. The summed E-state index contributed by atoms with van der Waals surface area (Å²) in [6.45, 7) is 4.06. The number of carbonyl (C=O) groups excluding carboxylic acids is 1. The van der Waals surface area contributed by atoms with Crippen molar-refractivity contribution in [2.45, 2.75) is 20.3 Å². The highest BCUT2D eigenvalue weighted by Gasteiger charge is 1.95. The molecular formula is C5H11OP. The lowest BCUT2D eigenvalue weighted by molar-refractivity contribution is -0.111. The topological polar surface area (TPSA) is 17.1 Å². The number of hydrogen-bond donors (Lipinski definition) is 0. The average Bonchev–Trinajstić information content (AvgIpc) is 1.27. The lowest BCUT2D eigenvalue weighted by Gasteiger charge is -1.95. The minimum Gasteiger partial charge on any atom is -0.295 e. The normalized spacial score (nSPS) is 9.71. The van der Waals surface area contributed by atoms with E-state index in [0.29, 0.717) is 12.3 Å². The van der Waals surface area contributed by atoms with Crippen LogP contribution in [-0.4, -0.2) is 5.52 Å². The number of hydrogen-bond acceptors (Lipinski definition) is 1. The maximum absolute atomic E-state index is 10.2. The van der Waals surface area contributed by atoms with E-state index in [1.807, 2.05) is 13.8 Å². The van der Waals surface area contributed by atoms with E-state index >= 15 is 0 Å². The van der Waals surface area contributed by atoms with Gasteiger partial charge >= 0.3 is 0 Å². The van der Waals surface area contributed by atoms with Gasteiger partial charge in [-0.3, -0.25) is 4.79 Å². The van der Waals surface area contributed by atoms with Crippen molar-refractivity contribution in [1.29, 1.82) is 0 Å². The highest BCUT2D eigenvalue weighted by molar-refractivity contribution is 7.40. The maximum atomic E-state index is 10.2. The molecule has 42 valence electrons. The van der Waals surface area contributed by atoms with E-state index in [1.165, 1.54) is 0 Å². The molecule has 1 unspecified atom stereocenters. The van der Waals surface area contributed by atoms with Crippen molar-refractivity contribution in [3.8, 4) is 0 Å². The standard InChI is InChI=1S/C5H11OP/c1-4(2)3-5(6)7/h4H,3,7H2,1-2H3. The Balaban J connectivity index is 3.13. The van der Waals surface area contributed by atoms with Crippen molar-refractivity contribution >= 4 is 14.8 Å². The summed E-state index contributed by atoms with van der Waals surface area (Å²) in [5.41, 5.74) is 0.204. The van der Waals surface area contributed by atoms with Crippen molar-refractivity contribution in [2.75, 3.05) is 0 Å². The zero-order chi connectivity index (χ0) is 5.86. The molecule has 7 heavy (non-hydrogen) atoms. The molecule has 0 aliphatic carbocycles. The van der Waals surface area contributed by atoms with Gasteiger partial charge in [0, 0.05) is 6.42 Å². The Morgan fingerprint density at radius 2 is 2.14 bits per heavy atom. The quantitative estimate of drug-likeness (QED) is 0.501. The van der Waals surface area contributed by atoms with Crippen LogP contribution in [0.25, 0.3) is 0 Å². The van der Waals surface area contributed by atoms with Crippen LogP contribution in [0, 0.1) is 5.92 Å². The van der Waals surface area contributed by atoms with Crippen LogP contribution in [0.1, 0.15) is 20.3 Å². The molecule has 0 radical (unpaired) electrons. The second kappa shape index (κ2) is 3.15. The first-order valence-corrected chi connectivity index (χ1v) is 2.99. The van der Waals surface area contributed by atoms with Gasteiger partial charge in [-0.2, -0.15) is 0 Å². The zero-order valence-corrected chi connectivity index (χ0v) is 5.92. The summed E-state index contributed by atoms with van der Waals surface area (Å²) in [4.78, 5) is 10.2. The molecule has 0 aliphatic heterocycles. The second-order valence-electron chi connectivity index (χ2n) is 2.06. The molecule has 0 aliphatic rings. The third-order valence-electron chi connectivity index (χ3n) is 0.609. The summed E-state index contributed by atoms with van der Waals surface area (Å²) in [5, 5.41) is 0.